The van der Waals surface area contributed by atoms with E-state index in [0.717, 1.165) is 64.7 Å². The van der Waals surface area contributed by atoms with Crippen molar-refractivity contribution < 1.29 is 9.59 Å². The first kappa shape index (κ1) is 19.8. The largest absolute Gasteiger partial charge is 0.342 e. The third kappa shape index (κ3) is 3.59. The summed E-state index contributed by atoms with van der Waals surface area (Å²) in [5, 5.41) is 0. The van der Waals surface area contributed by atoms with Gasteiger partial charge in [-0.05, 0) is 80.4 Å². The lowest BCUT2D eigenvalue weighted by molar-refractivity contribution is -0.149. The first-order chi connectivity index (χ1) is 14.7. The molecule has 0 spiro atoms. The topological polar surface area (TPSA) is 40.6 Å². The maximum atomic E-state index is 13.8. The van der Waals surface area contributed by atoms with Crippen LogP contribution in [-0.4, -0.2) is 47.8 Å². The molecule has 5 rings (SSSR count). The Bertz CT molecular complexity index is 833. The Labute approximate surface area is 180 Å². The normalized spacial score (nSPS) is 28.9. The predicted octanol–water partition coefficient (Wildman–Crippen LogP) is 4.29. The number of piperidine rings is 2. The number of carbonyl (C=O) groups is 2. The summed E-state index contributed by atoms with van der Waals surface area (Å²) < 4.78 is 0. The summed E-state index contributed by atoms with van der Waals surface area (Å²) in [6.07, 6.45) is 11.8. The third-order valence-corrected chi connectivity index (χ3v) is 7.85. The standard InChI is InChI=1S/C26H34N2O2/c29-25(27-15-5-1-6-16-27)23-14-13-21-20-10-4-3-9-19(20)11-12-22(21)24(23)26(30)28-17-7-2-8-18-28/h3-4,9-10,13,22-24H,1-2,5-8,11-12,14-18H2/t22-,23-,24-/m1/s1. The molecule has 2 fully saturated rings. The van der Waals surface area contributed by atoms with Crippen LogP contribution in [0.2, 0.25) is 0 Å². The number of allylic oxidation sites excluding steroid dienone is 2. The van der Waals surface area contributed by atoms with Gasteiger partial charge in [0.1, 0.15) is 0 Å². The minimum absolute atomic E-state index is 0.182. The summed E-state index contributed by atoms with van der Waals surface area (Å²) in [6.45, 7) is 3.46. The molecule has 0 aromatic heterocycles. The SMILES string of the molecule is O=C([C@@H]1[C@@H]2CCc3ccccc3C2=CC[C@H]1C(=O)N1CCCCC1)N1CCCCC1. The lowest BCUT2D eigenvalue weighted by Gasteiger charge is -2.44. The van der Waals surface area contributed by atoms with E-state index in [4.69, 9.17) is 0 Å². The Morgan fingerprint density at radius 3 is 2.13 bits per heavy atom. The number of benzene rings is 1. The highest BCUT2D eigenvalue weighted by atomic mass is 16.2. The highest BCUT2D eigenvalue weighted by Crippen LogP contribution is 2.47. The number of fused-ring (bicyclic) bond motifs is 3. The van der Waals surface area contributed by atoms with Gasteiger partial charge in [-0.2, -0.15) is 0 Å². The Morgan fingerprint density at radius 1 is 0.800 bits per heavy atom. The van der Waals surface area contributed by atoms with Gasteiger partial charge < -0.3 is 9.80 Å². The Morgan fingerprint density at radius 2 is 1.43 bits per heavy atom. The molecular formula is C26H34N2O2. The van der Waals surface area contributed by atoms with Gasteiger partial charge in [-0.15, -0.1) is 0 Å². The summed E-state index contributed by atoms with van der Waals surface area (Å²) in [7, 11) is 0. The van der Waals surface area contributed by atoms with Gasteiger partial charge in [-0.1, -0.05) is 30.3 Å². The van der Waals surface area contributed by atoms with E-state index in [1.54, 1.807) is 0 Å². The average Bonchev–Trinajstić information content (AvgIpc) is 2.83. The quantitative estimate of drug-likeness (QED) is 0.735. The second-order valence-corrected chi connectivity index (χ2v) is 9.60. The number of likely N-dealkylation sites (tertiary alicyclic amines) is 2. The summed E-state index contributed by atoms with van der Waals surface area (Å²) in [5.41, 5.74) is 4.04. The highest BCUT2D eigenvalue weighted by Gasteiger charge is 2.47. The van der Waals surface area contributed by atoms with Gasteiger partial charge in [0, 0.05) is 26.2 Å². The summed E-state index contributed by atoms with van der Waals surface area (Å²) in [4.78, 5) is 31.6. The van der Waals surface area contributed by atoms with Gasteiger partial charge in [0.05, 0.1) is 11.8 Å². The van der Waals surface area contributed by atoms with Crippen molar-refractivity contribution in [3.8, 4) is 0 Å². The fourth-order valence-electron chi connectivity index (χ4n) is 6.27. The van der Waals surface area contributed by atoms with E-state index in [1.807, 2.05) is 0 Å². The zero-order chi connectivity index (χ0) is 20.5. The maximum absolute atomic E-state index is 13.8. The van der Waals surface area contributed by atoms with E-state index in [9.17, 15) is 9.59 Å². The van der Waals surface area contributed by atoms with Crippen molar-refractivity contribution in [2.45, 2.75) is 57.8 Å². The monoisotopic (exact) mass is 406 g/mol. The van der Waals surface area contributed by atoms with Gasteiger partial charge >= 0.3 is 0 Å². The predicted molar refractivity (Wildman–Crippen MR) is 119 cm³/mol. The number of amides is 2. The Balaban J connectivity index is 1.49. The molecule has 2 heterocycles. The van der Waals surface area contributed by atoms with Crippen LogP contribution in [0.5, 0.6) is 0 Å². The van der Waals surface area contributed by atoms with Crippen LogP contribution in [0, 0.1) is 17.8 Å². The van der Waals surface area contributed by atoms with Crippen LogP contribution >= 0.6 is 0 Å². The van der Waals surface area contributed by atoms with Crippen LogP contribution in [0.4, 0.5) is 0 Å². The zero-order valence-electron chi connectivity index (χ0n) is 18.0. The molecule has 4 heteroatoms. The molecule has 2 aliphatic carbocycles. The van der Waals surface area contributed by atoms with Crippen LogP contribution in [-0.2, 0) is 16.0 Å². The molecule has 0 saturated carbocycles. The van der Waals surface area contributed by atoms with Crippen molar-refractivity contribution in [2.75, 3.05) is 26.2 Å². The minimum atomic E-state index is -0.189. The number of hydrogen-bond acceptors (Lipinski definition) is 2. The van der Waals surface area contributed by atoms with Gasteiger partial charge in [0.2, 0.25) is 11.8 Å². The van der Waals surface area contributed by atoms with E-state index in [1.165, 1.54) is 29.5 Å². The molecule has 4 aliphatic rings. The summed E-state index contributed by atoms with van der Waals surface area (Å²) >= 11 is 0. The molecule has 0 N–H and O–H groups in total. The maximum Gasteiger partial charge on any atom is 0.227 e. The number of hydrogen-bond donors (Lipinski definition) is 0. The van der Waals surface area contributed by atoms with Crippen molar-refractivity contribution in [1.29, 1.82) is 0 Å². The van der Waals surface area contributed by atoms with E-state index < -0.39 is 0 Å². The zero-order valence-corrected chi connectivity index (χ0v) is 18.0. The van der Waals surface area contributed by atoms with E-state index in [0.29, 0.717) is 6.42 Å². The molecule has 0 radical (unpaired) electrons. The number of carbonyl (C=O) groups excluding carboxylic acids is 2. The first-order valence-corrected chi connectivity index (χ1v) is 12.1. The highest BCUT2D eigenvalue weighted by molar-refractivity contribution is 5.92. The Hall–Kier alpha value is -2.10. The molecule has 2 aliphatic heterocycles. The van der Waals surface area contributed by atoms with Crippen molar-refractivity contribution >= 4 is 17.4 Å². The molecule has 2 amide bonds. The van der Waals surface area contributed by atoms with Crippen molar-refractivity contribution in [2.24, 2.45) is 17.8 Å². The van der Waals surface area contributed by atoms with Gasteiger partial charge in [-0.25, -0.2) is 0 Å². The van der Waals surface area contributed by atoms with Crippen LogP contribution < -0.4 is 0 Å². The van der Waals surface area contributed by atoms with Crippen LogP contribution in [0.1, 0.15) is 62.5 Å². The molecular weight excluding hydrogens is 372 g/mol. The van der Waals surface area contributed by atoms with Gasteiger partial charge in [0.25, 0.3) is 0 Å². The fourth-order valence-corrected chi connectivity index (χ4v) is 6.27. The first-order valence-electron chi connectivity index (χ1n) is 12.1. The molecule has 30 heavy (non-hydrogen) atoms. The molecule has 1 aromatic rings. The summed E-state index contributed by atoms with van der Waals surface area (Å²) in [6, 6.07) is 8.65. The minimum Gasteiger partial charge on any atom is -0.342 e. The van der Waals surface area contributed by atoms with Crippen molar-refractivity contribution in [3.05, 3.63) is 41.5 Å². The van der Waals surface area contributed by atoms with Gasteiger partial charge in [0.15, 0.2) is 0 Å². The van der Waals surface area contributed by atoms with E-state index in [-0.39, 0.29) is 29.6 Å². The van der Waals surface area contributed by atoms with E-state index >= 15 is 0 Å². The number of nitrogens with zero attached hydrogens (tertiary/aromatic N) is 2. The summed E-state index contributed by atoms with van der Waals surface area (Å²) in [5.74, 6) is 0.295. The third-order valence-electron chi connectivity index (χ3n) is 7.85. The number of aryl methyl sites for hydroxylation is 1. The van der Waals surface area contributed by atoms with Gasteiger partial charge in [-0.3, -0.25) is 9.59 Å². The van der Waals surface area contributed by atoms with Crippen molar-refractivity contribution in [1.82, 2.24) is 9.80 Å². The molecule has 3 atom stereocenters. The Kier molecular flexibility index (Phi) is 5.66. The molecule has 160 valence electrons. The lowest BCUT2D eigenvalue weighted by Crippen LogP contribution is -2.51. The second kappa shape index (κ2) is 8.56. The molecule has 2 saturated heterocycles. The van der Waals surface area contributed by atoms with Crippen LogP contribution in [0.3, 0.4) is 0 Å². The van der Waals surface area contributed by atoms with E-state index in [2.05, 4.69) is 40.1 Å². The average molecular weight is 407 g/mol. The van der Waals surface area contributed by atoms with Crippen molar-refractivity contribution in [3.63, 3.8) is 0 Å². The van der Waals surface area contributed by atoms with Crippen LogP contribution in [0.15, 0.2) is 30.3 Å². The second-order valence-electron chi connectivity index (χ2n) is 9.60. The molecule has 1 aromatic carbocycles. The fraction of sp³-hybridized carbons (Fsp3) is 0.615. The molecule has 0 unspecified atom stereocenters. The smallest absolute Gasteiger partial charge is 0.227 e. The number of rotatable bonds is 2. The lowest BCUT2D eigenvalue weighted by atomic mass is 9.64. The van der Waals surface area contributed by atoms with Crippen LogP contribution in [0.25, 0.3) is 5.57 Å². The molecule has 0 bridgehead atoms. The molecule has 4 nitrogen and oxygen atoms in total.